The second kappa shape index (κ2) is 5.89. The number of rotatable bonds is 3. The molecule has 0 aliphatic heterocycles. The van der Waals surface area contributed by atoms with Gasteiger partial charge >= 0.3 is 5.97 Å². The smallest absolute Gasteiger partial charge is 0.313 e. The van der Waals surface area contributed by atoms with E-state index in [0.29, 0.717) is 5.92 Å². The van der Waals surface area contributed by atoms with Crippen LogP contribution in [0.2, 0.25) is 0 Å². The van der Waals surface area contributed by atoms with Crippen molar-refractivity contribution in [1.82, 2.24) is 0 Å². The summed E-state index contributed by atoms with van der Waals surface area (Å²) in [7, 11) is 1.44. The summed E-state index contributed by atoms with van der Waals surface area (Å²) >= 11 is 0. The Labute approximate surface area is 108 Å². The van der Waals surface area contributed by atoms with E-state index in [0.717, 1.165) is 18.4 Å². The molecule has 0 saturated heterocycles. The lowest BCUT2D eigenvalue weighted by Crippen LogP contribution is -2.25. The van der Waals surface area contributed by atoms with Crippen LogP contribution in [0.4, 0.5) is 0 Å². The highest BCUT2D eigenvalue weighted by Crippen LogP contribution is 2.37. The lowest BCUT2D eigenvalue weighted by molar-refractivity contribution is -0.144. The molecule has 0 bridgehead atoms. The van der Waals surface area contributed by atoms with Crippen molar-refractivity contribution >= 4 is 5.97 Å². The fraction of sp³-hybridized carbons (Fsp3) is 0.533. The quantitative estimate of drug-likeness (QED) is 0.835. The molecule has 1 saturated carbocycles. The van der Waals surface area contributed by atoms with Gasteiger partial charge in [-0.05, 0) is 36.5 Å². The van der Waals surface area contributed by atoms with E-state index >= 15 is 0 Å². The Kier molecular flexibility index (Phi) is 4.24. The first-order chi connectivity index (χ1) is 8.72. The Morgan fingerprint density at radius 2 is 1.83 bits per heavy atom. The molecule has 1 atom stereocenters. The van der Waals surface area contributed by atoms with Crippen molar-refractivity contribution in [3.05, 3.63) is 29.8 Å². The van der Waals surface area contributed by atoms with Gasteiger partial charge in [-0.25, -0.2) is 0 Å². The lowest BCUT2D eigenvalue weighted by atomic mass is 9.77. The van der Waals surface area contributed by atoms with E-state index in [2.05, 4.69) is 0 Å². The Morgan fingerprint density at radius 3 is 2.39 bits per heavy atom. The summed E-state index contributed by atoms with van der Waals surface area (Å²) in [5, 5.41) is 9.33. The average Bonchev–Trinajstić information content (AvgIpc) is 2.42. The van der Waals surface area contributed by atoms with Crippen LogP contribution in [0.5, 0.6) is 5.75 Å². The third-order valence-corrected chi connectivity index (χ3v) is 3.83. The van der Waals surface area contributed by atoms with E-state index in [4.69, 9.17) is 4.74 Å². The molecule has 0 amide bonds. The van der Waals surface area contributed by atoms with E-state index in [9.17, 15) is 9.90 Å². The molecule has 1 N–H and O–H groups in total. The van der Waals surface area contributed by atoms with E-state index in [1.165, 1.54) is 26.4 Å². The van der Waals surface area contributed by atoms with Crippen LogP contribution in [-0.2, 0) is 9.53 Å². The van der Waals surface area contributed by atoms with Crippen LogP contribution in [-0.4, -0.2) is 18.2 Å². The summed E-state index contributed by atoms with van der Waals surface area (Å²) in [6.07, 6.45) is 5.81. The fourth-order valence-electron chi connectivity index (χ4n) is 2.88. The van der Waals surface area contributed by atoms with Crippen molar-refractivity contribution in [3.63, 3.8) is 0 Å². The minimum absolute atomic E-state index is 0.160. The van der Waals surface area contributed by atoms with Crippen LogP contribution in [0.15, 0.2) is 24.3 Å². The SMILES string of the molecule is COC(=O)[C@H](c1ccc(O)cc1)C1CCCCC1. The predicted molar refractivity (Wildman–Crippen MR) is 69.4 cm³/mol. The molecule has 98 valence electrons. The first kappa shape index (κ1) is 12.9. The molecule has 0 spiro atoms. The van der Waals surface area contributed by atoms with Gasteiger partial charge in [0, 0.05) is 0 Å². The second-order valence-corrected chi connectivity index (χ2v) is 4.99. The van der Waals surface area contributed by atoms with Gasteiger partial charge < -0.3 is 9.84 Å². The number of carbonyl (C=O) groups is 1. The summed E-state index contributed by atoms with van der Waals surface area (Å²) in [5.41, 5.74) is 0.951. The molecule has 1 fully saturated rings. The summed E-state index contributed by atoms with van der Waals surface area (Å²) in [6, 6.07) is 6.92. The maximum Gasteiger partial charge on any atom is 0.313 e. The van der Waals surface area contributed by atoms with Crippen LogP contribution >= 0.6 is 0 Å². The summed E-state index contributed by atoms with van der Waals surface area (Å²) in [4.78, 5) is 12.0. The highest BCUT2D eigenvalue weighted by Gasteiger charge is 2.31. The number of phenolic OH excluding ortho intramolecular Hbond substituents is 1. The first-order valence-electron chi connectivity index (χ1n) is 6.59. The molecule has 3 heteroatoms. The van der Waals surface area contributed by atoms with Gasteiger partial charge in [0.2, 0.25) is 0 Å². The third-order valence-electron chi connectivity index (χ3n) is 3.83. The van der Waals surface area contributed by atoms with E-state index < -0.39 is 0 Å². The number of methoxy groups -OCH3 is 1. The molecule has 1 aliphatic rings. The van der Waals surface area contributed by atoms with Crippen molar-refractivity contribution in [2.24, 2.45) is 5.92 Å². The average molecular weight is 248 g/mol. The molecule has 1 aromatic carbocycles. The maximum absolute atomic E-state index is 12.0. The normalized spacial score (nSPS) is 18.3. The third kappa shape index (κ3) is 2.84. The van der Waals surface area contributed by atoms with Gasteiger partial charge in [0.25, 0.3) is 0 Å². The van der Waals surface area contributed by atoms with Crippen molar-refractivity contribution in [2.45, 2.75) is 38.0 Å². The number of hydrogen-bond acceptors (Lipinski definition) is 3. The van der Waals surface area contributed by atoms with Crippen molar-refractivity contribution < 1.29 is 14.6 Å². The Balaban J connectivity index is 2.23. The molecule has 0 heterocycles. The highest BCUT2D eigenvalue weighted by atomic mass is 16.5. The van der Waals surface area contributed by atoms with Crippen LogP contribution in [0.3, 0.4) is 0 Å². The minimum atomic E-state index is -0.184. The standard InChI is InChI=1S/C15H20O3/c1-18-15(17)14(11-5-3-2-4-6-11)12-7-9-13(16)10-8-12/h7-11,14,16H,2-6H2,1H3/t14-/m0/s1. The number of carbonyl (C=O) groups excluding carboxylic acids is 1. The van der Waals surface area contributed by atoms with Crippen molar-refractivity contribution in [1.29, 1.82) is 0 Å². The van der Waals surface area contributed by atoms with Gasteiger partial charge in [0.15, 0.2) is 0 Å². The monoisotopic (exact) mass is 248 g/mol. The van der Waals surface area contributed by atoms with Crippen molar-refractivity contribution in [2.75, 3.05) is 7.11 Å². The maximum atomic E-state index is 12.0. The van der Waals surface area contributed by atoms with Gasteiger partial charge in [-0.3, -0.25) is 4.79 Å². The molecule has 2 rings (SSSR count). The van der Waals surface area contributed by atoms with E-state index in [1.54, 1.807) is 12.1 Å². The van der Waals surface area contributed by atoms with Gasteiger partial charge in [-0.1, -0.05) is 31.4 Å². The van der Waals surface area contributed by atoms with Gasteiger partial charge in [-0.15, -0.1) is 0 Å². The number of benzene rings is 1. The number of esters is 1. The lowest BCUT2D eigenvalue weighted by Gasteiger charge is -2.28. The molecular formula is C15H20O3. The van der Waals surface area contributed by atoms with Crippen LogP contribution in [0.25, 0.3) is 0 Å². The van der Waals surface area contributed by atoms with Gasteiger partial charge in [0.05, 0.1) is 13.0 Å². The Morgan fingerprint density at radius 1 is 1.22 bits per heavy atom. The number of hydrogen-bond donors (Lipinski definition) is 1. The second-order valence-electron chi connectivity index (χ2n) is 4.99. The van der Waals surface area contributed by atoms with Gasteiger partial charge in [-0.2, -0.15) is 0 Å². The molecule has 0 aromatic heterocycles. The minimum Gasteiger partial charge on any atom is -0.508 e. The van der Waals surface area contributed by atoms with Crippen LogP contribution < -0.4 is 0 Å². The summed E-state index contributed by atoms with van der Waals surface area (Å²) in [5.74, 6) is 0.255. The van der Waals surface area contributed by atoms with E-state index in [1.807, 2.05) is 12.1 Å². The topological polar surface area (TPSA) is 46.5 Å². The molecule has 1 aromatic rings. The van der Waals surface area contributed by atoms with Crippen LogP contribution in [0.1, 0.15) is 43.6 Å². The molecular weight excluding hydrogens is 228 g/mol. The Bertz CT molecular complexity index is 391. The summed E-state index contributed by atoms with van der Waals surface area (Å²) in [6.45, 7) is 0. The molecule has 3 nitrogen and oxygen atoms in total. The molecule has 18 heavy (non-hydrogen) atoms. The largest absolute Gasteiger partial charge is 0.508 e. The zero-order valence-electron chi connectivity index (χ0n) is 10.8. The van der Waals surface area contributed by atoms with Crippen molar-refractivity contribution in [3.8, 4) is 5.75 Å². The van der Waals surface area contributed by atoms with E-state index in [-0.39, 0.29) is 17.6 Å². The van der Waals surface area contributed by atoms with Gasteiger partial charge in [0.1, 0.15) is 5.75 Å². The highest BCUT2D eigenvalue weighted by molar-refractivity contribution is 5.78. The molecule has 0 radical (unpaired) electrons. The zero-order valence-corrected chi connectivity index (χ0v) is 10.8. The Hall–Kier alpha value is -1.51. The predicted octanol–water partition coefficient (Wildman–Crippen LogP) is 3.23. The number of aromatic hydroxyl groups is 1. The summed E-state index contributed by atoms with van der Waals surface area (Å²) < 4.78 is 4.95. The van der Waals surface area contributed by atoms with Crippen LogP contribution in [0, 0.1) is 5.92 Å². The fourth-order valence-corrected chi connectivity index (χ4v) is 2.88. The zero-order chi connectivity index (χ0) is 13.0. The number of ether oxygens (including phenoxy) is 1. The molecule has 0 unspecified atom stereocenters. The first-order valence-corrected chi connectivity index (χ1v) is 6.59. The molecule has 1 aliphatic carbocycles. The number of phenols is 1.